The lowest BCUT2D eigenvalue weighted by Crippen LogP contribution is -2.41. The highest BCUT2D eigenvalue weighted by Gasteiger charge is 2.30. The number of benzene rings is 1. The molecule has 2 fully saturated rings. The summed E-state index contributed by atoms with van der Waals surface area (Å²) >= 11 is 0. The predicted octanol–water partition coefficient (Wildman–Crippen LogP) is 4.15. The van der Waals surface area contributed by atoms with Crippen molar-refractivity contribution in [3.8, 4) is 0 Å². The van der Waals surface area contributed by atoms with Crippen molar-refractivity contribution in [2.75, 3.05) is 53.4 Å². The number of likely N-dealkylation sites (tertiary alicyclic amines) is 2. The average molecular weight is 440 g/mol. The molecule has 0 saturated carbocycles. The van der Waals surface area contributed by atoms with Crippen LogP contribution < -0.4 is 0 Å². The van der Waals surface area contributed by atoms with Gasteiger partial charge in [-0.3, -0.25) is 4.79 Å². The number of nitrogens with zero attached hydrogens (tertiary/aromatic N) is 3. The van der Waals surface area contributed by atoms with Crippen molar-refractivity contribution in [3.63, 3.8) is 0 Å². The lowest BCUT2D eigenvalue weighted by molar-refractivity contribution is -0.137. The van der Waals surface area contributed by atoms with E-state index in [9.17, 15) is 18.0 Å². The Morgan fingerprint density at radius 2 is 1.71 bits per heavy atom. The standard InChI is InChI=1S/C24H36F3N3O/c1-28-11-6-20(7-12-28)17-23(31)29(2)18-21-9-14-30(15-10-21)13-8-19-4-3-5-22(16-19)24(25,26)27/h3-5,16,20-21H,6-15,17-18H2,1-2H3. The summed E-state index contributed by atoms with van der Waals surface area (Å²) in [5, 5.41) is 0. The summed E-state index contributed by atoms with van der Waals surface area (Å²) in [4.78, 5) is 19.2. The number of piperidine rings is 2. The van der Waals surface area contributed by atoms with Crippen LogP contribution in [-0.2, 0) is 17.4 Å². The topological polar surface area (TPSA) is 26.8 Å². The highest BCUT2D eigenvalue weighted by Crippen LogP contribution is 2.30. The maximum absolute atomic E-state index is 12.9. The van der Waals surface area contributed by atoms with Crippen LogP contribution in [0.15, 0.2) is 24.3 Å². The summed E-state index contributed by atoms with van der Waals surface area (Å²) in [5.74, 6) is 1.29. The molecule has 31 heavy (non-hydrogen) atoms. The van der Waals surface area contributed by atoms with Gasteiger partial charge >= 0.3 is 6.18 Å². The van der Waals surface area contributed by atoms with Gasteiger partial charge in [0.2, 0.25) is 5.91 Å². The van der Waals surface area contributed by atoms with E-state index in [-0.39, 0.29) is 5.91 Å². The normalized spacial score (nSPS) is 20.2. The van der Waals surface area contributed by atoms with Crippen molar-refractivity contribution in [2.45, 2.75) is 44.7 Å². The summed E-state index contributed by atoms with van der Waals surface area (Å²) in [5.41, 5.74) is 0.160. The van der Waals surface area contributed by atoms with Gasteiger partial charge in [-0.25, -0.2) is 0 Å². The first-order chi connectivity index (χ1) is 14.7. The Morgan fingerprint density at radius 3 is 2.35 bits per heavy atom. The minimum atomic E-state index is -4.29. The van der Waals surface area contributed by atoms with Gasteiger partial charge in [0.15, 0.2) is 0 Å². The zero-order valence-electron chi connectivity index (χ0n) is 18.8. The van der Waals surface area contributed by atoms with Crippen molar-refractivity contribution in [2.24, 2.45) is 11.8 Å². The minimum Gasteiger partial charge on any atom is -0.345 e. The molecule has 1 aromatic carbocycles. The molecule has 0 aliphatic carbocycles. The van der Waals surface area contributed by atoms with Crippen molar-refractivity contribution >= 4 is 5.91 Å². The Morgan fingerprint density at radius 1 is 1.06 bits per heavy atom. The highest BCUT2D eigenvalue weighted by atomic mass is 19.4. The number of hydrogen-bond donors (Lipinski definition) is 0. The molecule has 1 aromatic rings. The van der Waals surface area contributed by atoms with Gasteiger partial charge in [-0.1, -0.05) is 18.2 Å². The van der Waals surface area contributed by atoms with Gasteiger partial charge in [0, 0.05) is 26.6 Å². The molecule has 0 unspecified atom stereocenters. The minimum absolute atomic E-state index is 0.265. The van der Waals surface area contributed by atoms with E-state index < -0.39 is 11.7 Å². The fourth-order valence-electron chi connectivity index (χ4n) is 4.74. The van der Waals surface area contributed by atoms with Crippen LogP contribution >= 0.6 is 0 Å². The third-order valence-electron chi connectivity index (χ3n) is 6.94. The number of amides is 1. The summed E-state index contributed by atoms with van der Waals surface area (Å²) in [7, 11) is 4.06. The third kappa shape index (κ3) is 7.49. The van der Waals surface area contributed by atoms with Gasteiger partial charge in [0.05, 0.1) is 5.56 Å². The number of carbonyl (C=O) groups excluding carboxylic acids is 1. The molecule has 7 heteroatoms. The number of halogens is 3. The second kappa shape index (κ2) is 10.8. The molecule has 4 nitrogen and oxygen atoms in total. The maximum Gasteiger partial charge on any atom is 0.416 e. The molecule has 2 heterocycles. The van der Waals surface area contributed by atoms with Gasteiger partial charge in [0.25, 0.3) is 0 Å². The summed E-state index contributed by atoms with van der Waals surface area (Å²) in [6.45, 7) is 5.65. The van der Waals surface area contributed by atoms with Gasteiger partial charge in [-0.05, 0) is 88.8 Å². The summed E-state index contributed by atoms with van der Waals surface area (Å²) < 4.78 is 38.6. The lowest BCUT2D eigenvalue weighted by Gasteiger charge is -2.34. The molecule has 1 amide bonds. The van der Waals surface area contributed by atoms with E-state index in [4.69, 9.17) is 0 Å². The maximum atomic E-state index is 12.9. The van der Waals surface area contributed by atoms with Gasteiger partial charge in [-0.15, -0.1) is 0 Å². The number of carbonyl (C=O) groups is 1. The molecule has 3 rings (SSSR count). The van der Waals surface area contributed by atoms with E-state index in [1.54, 1.807) is 6.07 Å². The number of hydrogen-bond acceptors (Lipinski definition) is 3. The van der Waals surface area contributed by atoms with E-state index in [0.717, 1.165) is 76.6 Å². The quantitative estimate of drug-likeness (QED) is 0.639. The van der Waals surface area contributed by atoms with Crippen LogP contribution in [0.1, 0.15) is 43.2 Å². The van der Waals surface area contributed by atoms with Crippen LogP contribution in [-0.4, -0.2) is 74.0 Å². The van der Waals surface area contributed by atoms with E-state index in [2.05, 4.69) is 16.8 Å². The molecule has 2 aliphatic heterocycles. The first kappa shape index (κ1) is 24.1. The van der Waals surface area contributed by atoms with Gasteiger partial charge < -0.3 is 14.7 Å². The van der Waals surface area contributed by atoms with E-state index >= 15 is 0 Å². The molecular weight excluding hydrogens is 403 g/mol. The fraction of sp³-hybridized carbons (Fsp3) is 0.708. The van der Waals surface area contributed by atoms with Crippen molar-refractivity contribution < 1.29 is 18.0 Å². The second-order valence-electron chi connectivity index (χ2n) is 9.46. The SMILES string of the molecule is CN1CCC(CC(=O)N(C)CC2CCN(CCc3cccc(C(F)(F)F)c3)CC2)CC1. The number of alkyl halides is 3. The van der Waals surface area contributed by atoms with Crippen LogP contribution in [0.25, 0.3) is 0 Å². The lowest BCUT2D eigenvalue weighted by atomic mass is 9.92. The summed E-state index contributed by atoms with van der Waals surface area (Å²) in [6, 6.07) is 5.65. The Bertz CT molecular complexity index is 708. The van der Waals surface area contributed by atoms with E-state index in [1.165, 1.54) is 12.1 Å². The molecule has 0 radical (unpaired) electrons. The first-order valence-corrected chi connectivity index (χ1v) is 11.5. The molecule has 2 saturated heterocycles. The van der Waals surface area contributed by atoms with Crippen molar-refractivity contribution in [1.82, 2.24) is 14.7 Å². The first-order valence-electron chi connectivity index (χ1n) is 11.5. The van der Waals surface area contributed by atoms with E-state index in [1.807, 2.05) is 11.9 Å². The third-order valence-corrected chi connectivity index (χ3v) is 6.94. The number of rotatable bonds is 7. The monoisotopic (exact) mass is 439 g/mol. The van der Waals surface area contributed by atoms with Crippen LogP contribution in [0.3, 0.4) is 0 Å². The van der Waals surface area contributed by atoms with Crippen LogP contribution in [0.5, 0.6) is 0 Å². The largest absolute Gasteiger partial charge is 0.416 e. The Balaban J connectivity index is 1.36. The van der Waals surface area contributed by atoms with Crippen molar-refractivity contribution in [1.29, 1.82) is 0 Å². The smallest absolute Gasteiger partial charge is 0.345 e. The molecular formula is C24H36F3N3O. The van der Waals surface area contributed by atoms with Crippen LogP contribution in [0, 0.1) is 11.8 Å². The van der Waals surface area contributed by atoms with Gasteiger partial charge in [-0.2, -0.15) is 13.2 Å². The zero-order chi connectivity index (χ0) is 22.4. The van der Waals surface area contributed by atoms with E-state index in [0.29, 0.717) is 24.7 Å². The van der Waals surface area contributed by atoms with Crippen molar-refractivity contribution in [3.05, 3.63) is 35.4 Å². The highest BCUT2D eigenvalue weighted by molar-refractivity contribution is 5.76. The Kier molecular flexibility index (Phi) is 8.39. The zero-order valence-corrected chi connectivity index (χ0v) is 18.8. The Hall–Kier alpha value is -1.60. The second-order valence-corrected chi connectivity index (χ2v) is 9.46. The fourth-order valence-corrected chi connectivity index (χ4v) is 4.74. The molecule has 0 atom stereocenters. The predicted molar refractivity (Wildman–Crippen MR) is 117 cm³/mol. The molecule has 0 spiro atoms. The Labute approximate surface area is 184 Å². The van der Waals surface area contributed by atoms with Gasteiger partial charge in [0.1, 0.15) is 0 Å². The average Bonchev–Trinajstić information content (AvgIpc) is 2.74. The van der Waals surface area contributed by atoms with Crippen LogP contribution in [0.4, 0.5) is 13.2 Å². The molecule has 0 bridgehead atoms. The molecule has 174 valence electrons. The molecule has 2 aliphatic rings. The molecule has 0 aromatic heterocycles. The summed E-state index contributed by atoms with van der Waals surface area (Å²) in [6.07, 6.45) is 1.30. The van der Waals surface area contributed by atoms with Crippen LogP contribution in [0.2, 0.25) is 0 Å². The molecule has 0 N–H and O–H groups in total.